The van der Waals surface area contributed by atoms with Crippen LogP contribution in [0.3, 0.4) is 0 Å². The van der Waals surface area contributed by atoms with Gasteiger partial charge < -0.3 is 4.74 Å². The van der Waals surface area contributed by atoms with E-state index in [0.717, 1.165) is 17.8 Å². The van der Waals surface area contributed by atoms with Gasteiger partial charge in [-0.25, -0.2) is 4.98 Å². The fourth-order valence-corrected chi connectivity index (χ4v) is 4.22. The van der Waals surface area contributed by atoms with E-state index in [1.165, 1.54) is 6.07 Å². The Morgan fingerprint density at radius 3 is 1.97 bits per heavy atom. The summed E-state index contributed by atoms with van der Waals surface area (Å²) in [6.07, 6.45) is -8.30. The second-order valence-corrected chi connectivity index (χ2v) is 8.21. The number of nitrogens with zero attached hydrogens (tertiary/aromatic N) is 3. The van der Waals surface area contributed by atoms with Crippen molar-refractivity contribution in [3.8, 4) is 22.6 Å². The Morgan fingerprint density at radius 2 is 1.39 bits per heavy atom. The molecule has 5 rings (SSSR count). The number of rotatable bonds is 3. The molecule has 0 fully saturated rings. The molecule has 0 aliphatic carbocycles. The van der Waals surface area contributed by atoms with Crippen molar-refractivity contribution in [1.82, 2.24) is 14.5 Å². The first-order valence-electron chi connectivity index (χ1n) is 10.7. The first-order chi connectivity index (χ1) is 17.0. The van der Waals surface area contributed by atoms with Gasteiger partial charge in [-0.15, -0.1) is 0 Å². The smallest absolute Gasteiger partial charge is 0.416 e. The Kier molecular flexibility index (Phi) is 5.42. The largest absolute Gasteiger partial charge is 0.497 e. The van der Waals surface area contributed by atoms with Crippen molar-refractivity contribution < 1.29 is 31.1 Å². The van der Waals surface area contributed by atoms with Crippen molar-refractivity contribution in [2.75, 3.05) is 7.11 Å². The van der Waals surface area contributed by atoms with Crippen LogP contribution in [0.4, 0.5) is 26.3 Å². The van der Waals surface area contributed by atoms with E-state index in [4.69, 9.17) is 4.74 Å². The van der Waals surface area contributed by atoms with E-state index < -0.39 is 23.5 Å². The van der Waals surface area contributed by atoms with Crippen molar-refractivity contribution in [2.24, 2.45) is 0 Å². The molecule has 5 aromatic rings. The van der Waals surface area contributed by atoms with Gasteiger partial charge in [0, 0.05) is 11.1 Å². The number of methoxy groups -OCH3 is 1. The quantitative estimate of drug-likeness (QED) is 0.239. The first kappa shape index (κ1) is 23.7. The van der Waals surface area contributed by atoms with Crippen LogP contribution in [0.2, 0.25) is 0 Å². The van der Waals surface area contributed by atoms with Gasteiger partial charge >= 0.3 is 12.4 Å². The summed E-state index contributed by atoms with van der Waals surface area (Å²) in [4.78, 5) is 8.93. The third-order valence-electron chi connectivity index (χ3n) is 5.90. The average molecular weight is 501 g/mol. The van der Waals surface area contributed by atoms with Crippen LogP contribution in [0.1, 0.15) is 17.0 Å². The van der Waals surface area contributed by atoms with Crippen molar-refractivity contribution in [1.29, 1.82) is 0 Å². The minimum atomic E-state index is -4.94. The van der Waals surface area contributed by atoms with E-state index >= 15 is 0 Å². The number of aryl methyl sites for hydroxylation is 1. The zero-order valence-corrected chi connectivity index (χ0v) is 18.9. The third-order valence-corrected chi connectivity index (χ3v) is 5.90. The fourth-order valence-electron chi connectivity index (χ4n) is 4.22. The molecule has 2 aromatic heterocycles. The van der Waals surface area contributed by atoms with Crippen LogP contribution in [0, 0.1) is 6.92 Å². The molecule has 0 bridgehead atoms. The zero-order valence-electron chi connectivity index (χ0n) is 18.9. The van der Waals surface area contributed by atoms with E-state index in [1.54, 1.807) is 44.5 Å². The van der Waals surface area contributed by atoms with E-state index in [0.29, 0.717) is 33.5 Å². The molecular formula is C26H17F6N3O. The summed E-state index contributed by atoms with van der Waals surface area (Å²) >= 11 is 0. The number of aromatic nitrogens is 3. The number of hydrogen-bond donors (Lipinski definition) is 0. The highest BCUT2D eigenvalue weighted by Gasteiger charge is 2.37. The van der Waals surface area contributed by atoms with Gasteiger partial charge in [-0.1, -0.05) is 6.07 Å². The summed E-state index contributed by atoms with van der Waals surface area (Å²) in [7, 11) is 1.55. The molecule has 0 aliphatic heterocycles. The van der Waals surface area contributed by atoms with Gasteiger partial charge in [-0.3, -0.25) is 9.55 Å². The maximum atomic E-state index is 13.4. The van der Waals surface area contributed by atoms with Crippen molar-refractivity contribution in [2.45, 2.75) is 19.3 Å². The topological polar surface area (TPSA) is 39.9 Å². The lowest BCUT2D eigenvalue weighted by Gasteiger charge is -2.15. The first-order valence-corrected chi connectivity index (χ1v) is 10.7. The summed E-state index contributed by atoms with van der Waals surface area (Å²) < 4.78 is 87.5. The molecule has 10 heteroatoms. The minimum Gasteiger partial charge on any atom is -0.497 e. The highest BCUT2D eigenvalue weighted by atomic mass is 19.4. The van der Waals surface area contributed by atoms with Crippen molar-refractivity contribution in [3.63, 3.8) is 0 Å². The Labute approximate surface area is 200 Å². The number of alkyl halides is 6. The van der Waals surface area contributed by atoms with E-state index in [1.807, 2.05) is 16.7 Å². The molecule has 0 spiro atoms. The predicted molar refractivity (Wildman–Crippen MR) is 123 cm³/mol. The molecule has 0 radical (unpaired) electrons. The third kappa shape index (κ3) is 4.12. The standard InChI is InChI=1S/C26H17F6N3O/c1-14-34-23-13-33-22-8-3-15(16-9-17(25(27,28)29)12-18(10-16)26(30,31)32)11-21(22)24(23)35(14)19-4-6-20(36-2)7-5-19/h3-13H,1-2H3. The van der Waals surface area contributed by atoms with Gasteiger partial charge in [-0.2, -0.15) is 26.3 Å². The number of hydrogen-bond acceptors (Lipinski definition) is 3. The number of ether oxygens (including phenoxy) is 1. The monoisotopic (exact) mass is 501 g/mol. The number of fused-ring (bicyclic) bond motifs is 3. The van der Waals surface area contributed by atoms with Gasteiger partial charge in [0.25, 0.3) is 0 Å². The normalized spacial score (nSPS) is 12.4. The van der Waals surface area contributed by atoms with Gasteiger partial charge in [0.1, 0.15) is 17.1 Å². The van der Waals surface area contributed by atoms with Gasteiger partial charge in [0.05, 0.1) is 35.5 Å². The molecule has 0 saturated carbocycles. The molecule has 0 amide bonds. The van der Waals surface area contributed by atoms with Crippen LogP contribution in [0.5, 0.6) is 5.75 Å². The lowest BCUT2D eigenvalue weighted by Crippen LogP contribution is -2.11. The van der Waals surface area contributed by atoms with Crippen LogP contribution in [0.25, 0.3) is 38.8 Å². The zero-order chi connectivity index (χ0) is 25.8. The fraction of sp³-hybridized carbons (Fsp3) is 0.154. The van der Waals surface area contributed by atoms with Crippen LogP contribution in [-0.2, 0) is 12.4 Å². The highest BCUT2D eigenvalue weighted by molar-refractivity contribution is 6.04. The molecule has 0 unspecified atom stereocenters. The van der Waals surface area contributed by atoms with Gasteiger partial charge in [0.2, 0.25) is 0 Å². The molecule has 0 aliphatic rings. The van der Waals surface area contributed by atoms with Crippen LogP contribution in [0.15, 0.2) is 66.9 Å². The highest BCUT2D eigenvalue weighted by Crippen LogP contribution is 2.39. The molecule has 4 nitrogen and oxygen atoms in total. The summed E-state index contributed by atoms with van der Waals surface area (Å²) in [6.45, 7) is 1.79. The maximum Gasteiger partial charge on any atom is 0.416 e. The Bertz CT molecular complexity index is 1570. The summed E-state index contributed by atoms with van der Waals surface area (Å²) in [5.41, 5.74) is -0.320. The Morgan fingerprint density at radius 1 is 0.750 bits per heavy atom. The van der Waals surface area contributed by atoms with Gasteiger partial charge in [0.15, 0.2) is 0 Å². The van der Waals surface area contributed by atoms with Gasteiger partial charge in [-0.05, 0) is 72.6 Å². The van der Waals surface area contributed by atoms with Crippen molar-refractivity contribution in [3.05, 3.63) is 83.8 Å². The number of imidazole rings is 1. The minimum absolute atomic E-state index is 0.117. The number of pyridine rings is 1. The van der Waals surface area contributed by atoms with Crippen LogP contribution >= 0.6 is 0 Å². The molecular weight excluding hydrogens is 484 g/mol. The maximum absolute atomic E-state index is 13.4. The summed E-state index contributed by atoms with van der Waals surface area (Å²) in [5, 5.41) is 0.535. The lowest BCUT2D eigenvalue weighted by atomic mass is 9.97. The molecule has 0 atom stereocenters. The molecule has 3 aromatic carbocycles. The molecule has 184 valence electrons. The number of halogens is 6. The summed E-state index contributed by atoms with van der Waals surface area (Å²) in [5.74, 6) is 1.29. The summed E-state index contributed by atoms with van der Waals surface area (Å²) in [6, 6.07) is 13.3. The molecule has 0 saturated heterocycles. The van der Waals surface area contributed by atoms with Crippen molar-refractivity contribution >= 4 is 21.9 Å². The average Bonchev–Trinajstić information content (AvgIpc) is 3.18. The second-order valence-electron chi connectivity index (χ2n) is 8.21. The van der Waals surface area contributed by atoms with Crippen LogP contribution < -0.4 is 4.74 Å². The number of benzene rings is 3. The predicted octanol–water partition coefficient (Wildman–Crippen LogP) is 7.60. The lowest BCUT2D eigenvalue weighted by molar-refractivity contribution is -0.143. The van der Waals surface area contributed by atoms with E-state index in [2.05, 4.69) is 9.97 Å². The molecule has 2 heterocycles. The SMILES string of the molecule is COc1ccc(-n2c(C)nc3cnc4ccc(-c5cc(C(F)(F)F)cc(C(F)(F)F)c5)cc4c32)cc1. The van der Waals surface area contributed by atoms with Crippen LogP contribution in [-0.4, -0.2) is 21.6 Å². The second kappa shape index (κ2) is 8.25. The van der Waals surface area contributed by atoms with E-state index in [-0.39, 0.29) is 17.2 Å². The Balaban J connectivity index is 1.77. The Hall–Kier alpha value is -4.08. The molecule has 36 heavy (non-hydrogen) atoms. The van der Waals surface area contributed by atoms with E-state index in [9.17, 15) is 26.3 Å². The molecule has 0 N–H and O–H groups in total.